The van der Waals surface area contributed by atoms with Crippen LogP contribution in [-0.2, 0) is 0 Å². The highest BCUT2D eigenvalue weighted by Crippen LogP contribution is 2.26. The van der Waals surface area contributed by atoms with Crippen LogP contribution >= 0.6 is 0 Å². The van der Waals surface area contributed by atoms with Crippen LogP contribution in [0, 0.1) is 6.92 Å². The Morgan fingerprint density at radius 1 is 1.30 bits per heavy atom. The minimum atomic E-state index is 0.406. The number of nitrogens with two attached hydrogens (primary N) is 1. The van der Waals surface area contributed by atoms with Crippen LogP contribution in [0.2, 0.25) is 0 Å². The number of aromatic nitrogens is 1. The van der Waals surface area contributed by atoms with Gasteiger partial charge in [0.15, 0.2) is 0 Å². The summed E-state index contributed by atoms with van der Waals surface area (Å²) in [5, 5.41) is 4.68. The molecule has 1 aromatic carbocycles. The Morgan fingerprint density at radius 2 is 2.05 bits per heavy atom. The lowest BCUT2D eigenvalue weighted by Crippen LogP contribution is -2.23. The summed E-state index contributed by atoms with van der Waals surface area (Å²) in [7, 11) is 4.19. The summed E-state index contributed by atoms with van der Waals surface area (Å²) in [5.41, 5.74) is 9.79. The van der Waals surface area contributed by atoms with Gasteiger partial charge in [0.2, 0.25) is 0 Å². The molecule has 1 atom stereocenters. The number of nitrogens with one attached hydrogen (secondary N) is 1. The predicted molar refractivity (Wildman–Crippen MR) is 87.1 cm³/mol. The van der Waals surface area contributed by atoms with E-state index in [4.69, 9.17) is 5.73 Å². The van der Waals surface area contributed by atoms with Crippen LogP contribution in [0.15, 0.2) is 24.3 Å². The number of anilines is 2. The highest BCUT2D eigenvalue weighted by molar-refractivity contribution is 5.93. The van der Waals surface area contributed by atoms with Gasteiger partial charge in [-0.05, 0) is 65.2 Å². The molecule has 0 saturated heterocycles. The zero-order valence-electron chi connectivity index (χ0n) is 12.8. The summed E-state index contributed by atoms with van der Waals surface area (Å²) in [4.78, 5) is 6.76. The molecule has 1 aromatic heterocycles. The Hall–Kier alpha value is -1.81. The Labute approximate surface area is 121 Å². The van der Waals surface area contributed by atoms with Gasteiger partial charge in [0.1, 0.15) is 0 Å². The molecule has 0 spiro atoms. The Bertz CT molecular complexity index is 592. The van der Waals surface area contributed by atoms with Crippen LogP contribution in [0.25, 0.3) is 10.9 Å². The van der Waals surface area contributed by atoms with Crippen molar-refractivity contribution in [2.75, 3.05) is 31.7 Å². The molecular weight excluding hydrogens is 248 g/mol. The minimum absolute atomic E-state index is 0.406. The molecule has 0 bridgehead atoms. The van der Waals surface area contributed by atoms with Gasteiger partial charge in [0, 0.05) is 28.5 Å². The van der Waals surface area contributed by atoms with Crippen molar-refractivity contribution in [2.45, 2.75) is 26.3 Å². The van der Waals surface area contributed by atoms with E-state index >= 15 is 0 Å². The predicted octanol–water partition coefficient (Wildman–Crippen LogP) is 2.88. The molecule has 2 rings (SSSR count). The average molecular weight is 272 g/mol. The van der Waals surface area contributed by atoms with Crippen LogP contribution in [0.3, 0.4) is 0 Å². The van der Waals surface area contributed by atoms with Crippen LogP contribution in [0.4, 0.5) is 11.4 Å². The van der Waals surface area contributed by atoms with Gasteiger partial charge in [0.05, 0.1) is 5.52 Å². The van der Waals surface area contributed by atoms with E-state index in [2.05, 4.69) is 42.3 Å². The van der Waals surface area contributed by atoms with Gasteiger partial charge in [-0.1, -0.05) is 0 Å². The zero-order chi connectivity index (χ0) is 14.7. The number of rotatable bonds is 5. The number of pyridine rings is 1. The quantitative estimate of drug-likeness (QED) is 0.822. The summed E-state index contributed by atoms with van der Waals surface area (Å²) in [6.45, 7) is 5.29. The molecular formula is C16H24N4. The van der Waals surface area contributed by atoms with E-state index in [-0.39, 0.29) is 0 Å². The van der Waals surface area contributed by atoms with Crippen LogP contribution in [0.5, 0.6) is 0 Å². The highest BCUT2D eigenvalue weighted by Gasteiger charge is 2.08. The van der Waals surface area contributed by atoms with E-state index in [1.807, 2.05) is 25.1 Å². The molecule has 108 valence electrons. The van der Waals surface area contributed by atoms with Crippen molar-refractivity contribution in [3.8, 4) is 0 Å². The smallest absolute Gasteiger partial charge is 0.0727 e. The maximum atomic E-state index is 5.90. The number of hydrogen-bond acceptors (Lipinski definition) is 4. The van der Waals surface area contributed by atoms with Gasteiger partial charge in [0.25, 0.3) is 0 Å². The lowest BCUT2D eigenvalue weighted by Gasteiger charge is -2.19. The van der Waals surface area contributed by atoms with E-state index in [0.717, 1.165) is 40.9 Å². The zero-order valence-corrected chi connectivity index (χ0v) is 12.8. The maximum Gasteiger partial charge on any atom is 0.0727 e. The molecule has 0 aliphatic carbocycles. The van der Waals surface area contributed by atoms with Crippen molar-refractivity contribution >= 4 is 22.3 Å². The number of hydrogen-bond donors (Lipinski definition) is 2. The van der Waals surface area contributed by atoms with Crippen molar-refractivity contribution in [2.24, 2.45) is 0 Å². The molecule has 0 aliphatic rings. The minimum Gasteiger partial charge on any atom is -0.399 e. The van der Waals surface area contributed by atoms with Gasteiger partial charge >= 0.3 is 0 Å². The molecule has 4 heteroatoms. The SMILES string of the molecule is Cc1cc(NC(C)CCN(C)C)c2cc(N)ccc2n1. The number of nitrogens with zero attached hydrogens (tertiary/aromatic N) is 2. The number of aryl methyl sites for hydroxylation is 1. The van der Waals surface area contributed by atoms with Gasteiger partial charge in [-0.15, -0.1) is 0 Å². The van der Waals surface area contributed by atoms with Gasteiger partial charge < -0.3 is 16.0 Å². The van der Waals surface area contributed by atoms with E-state index in [9.17, 15) is 0 Å². The summed E-state index contributed by atoms with van der Waals surface area (Å²) >= 11 is 0. The van der Waals surface area contributed by atoms with E-state index in [1.54, 1.807) is 0 Å². The first kappa shape index (κ1) is 14.6. The monoisotopic (exact) mass is 272 g/mol. The average Bonchev–Trinajstić information content (AvgIpc) is 2.37. The molecule has 20 heavy (non-hydrogen) atoms. The van der Waals surface area contributed by atoms with E-state index < -0.39 is 0 Å². The number of benzene rings is 1. The van der Waals surface area contributed by atoms with Crippen LogP contribution in [-0.4, -0.2) is 36.6 Å². The van der Waals surface area contributed by atoms with Crippen molar-refractivity contribution in [1.29, 1.82) is 0 Å². The van der Waals surface area contributed by atoms with E-state index in [1.165, 1.54) is 0 Å². The Kier molecular flexibility index (Phi) is 4.45. The van der Waals surface area contributed by atoms with Gasteiger partial charge in [-0.2, -0.15) is 0 Å². The third kappa shape index (κ3) is 3.61. The standard InChI is InChI=1S/C16H24N4/c1-11(7-8-20(3)4)18-16-9-12(2)19-15-6-5-13(17)10-14(15)16/h5-6,9-11H,7-8,17H2,1-4H3,(H,18,19). The molecule has 0 amide bonds. The molecule has 2 aromatic rings. The molecule has 1 heterocycles. The summed E-state index contributed by atoms with van der Waals surface area (Å²) in [5.74, 6) is 0. The molecule has 0 fully saturated rings. The first-order chi connectivity index (χ1) is 9.45. The number of nitrogen functional groups attached to an aromatic ring is 1. The van der Waals surface area contributed by atoms with Gasteiger partial charge in [-0.3, -0.25) is 4.98 Å². The number of fused-ring (bicyclic) bond motifs is 1. The first-order valence-corrected chi connectivity index (χ1v) is 7.04. The van der Waals surface area contributed by atoms with E-state index in [0.29, 0.717) is 6.04 Å². The third-order valence-corrected chi connectivity index (χ3v) is 3.37. The second-order valence-electron chi connectivity index (χ2n) is 5.73. The molecule has 0 radical (unpaired) electrons. The maximum absolute atomic E-state index is 5.90. The molecule has 1 unspecified atom stereocenters. The molecule has 0 saturated carbocycles. The van der Waals surface area contributed by atoms with Gasteiger partial charge in [-0.25, -0.2) is 0 Å². The van der Waals surface area contributed by atoms with Crippen molar-refractivity contribution in [1.82, 2.24) is 9.88 Å². The lowest BCUT2D eigenvalue weighted by molar-refractivity contribution is 0.390. The largest absolute Gasteiger partial charge is 0.399 e. The Balaban J connectivity index is 2.26. The lowest BCUT2D eigenvalue weighted by atomic mass is 10.1. The summed E-state index contributed by atoms with van der Waals surface area (Å²) < 4.78 is 0. The van der Waals surface area contributed by atoms with Crippen molar-refractivity contribution < 1.29 is 0 Å². The third-order valence-electron chi connectivity index (χ3n) is 3.37. The first-order valence-electron chi connectivity index (χ1n) is 7.04. The summed E-state index contributed by atoms with van der Waals surface area (Å²) in [6.07, 6.45) is 1.10. The topological polar surface area (TPSA) is 54.2 Å². The second kappa shape index (κ2) is 6.09. The van der Waals surface area contributed by atoms with Crippen LogP contribution < -0.4 is 11.1 Å². The fourth-order valence-electron chi connectivity index (χ4n) is 2.28. The Morgan fingerprint density at radius 3 is 2.75 bits per heavy atom. The highest BCUT2D eigenvalue weighted by atomic mass is 15.1. The van der Waals surface area contributed by atoms with Crippen LogP contribution in [0.1, 0.15) is 19.0 Å². The summed E-state index contributed by atoms with van der Waals surface area (Å²) in [6, 6.07) is 8.36. The second-order valence-corrected chi connectivity index (χ2v) is 5.73. The fourth-order valence-corrected chi connectivity index (χ4v) is 2.28. The normalized spacial score (nSPS) is 12.8. The molecule has 0 aliphatic heterocycles. The fraction of sp³-hybridized carbons (Fsp3) is 0.438. The van der Waals surface area contributed by atoms with Crippen molar-refractivity contribution in [3.05, 3.63) is 30.0 Å². The molecule has 3 N–H and O–H groups in total. The van der Waals surface area contributed by atoms with Crippen molar-refractivity contribution in [3.63, 3.8) is 0 Å². The molecule has 4 nitrogen and oxygen atoms in total.